The summed E-state index contributed by atoms with van der Waals surface area (Å²) in [4.78, 5) is 12.3. The first-order valence-corrected chi connectivity index (χ1v) is 22.2. The molecule has 4 heteroatoms. The van der Waals surface area contributed by atoms with Crippen LogP contribution in [0.5, 0.6) is 0 Å². The second-order valence-electron chi connectivity index (χ2n) is 15.1. The molecule has 3 N–H and O–H groups in total. The van der Waals surface area contributed by atoms with Gasteiger partial charge >= 0.3 is 0 Å². The second-order valence-corrected chi connectivity index (χ2v) is 15.1. The Kier molecular flexibility index (Phi) is 40.9. The molecule has 2 atom stereocenters. The Morgan fingerprint density at radius 2 is 0.820 bits per heavy atom. The summed E-state index contributed by atoms with van der Waals surface area (Å²) in [7, 11) is 0. The molecular weight excluding hydrogens is 615 g/mol. The highest BCUT2D eigenvalue weighted by Crippen LogP contribution is 2.16. The standard InChI is InChI=1S/C46H87NO3/c1-3-5-7-9-10-11-12-13-14-15-16-17-18-19-20-21-22-23-24-25-26-27-28-29-30-31-32-33-34-35-36-38-40-42-46(50)47-44(43-48)45(49)41-39-37-8-6-4-2/h12-13,15-16,18-19,44-45,48-49H,3-11,14,17,20-43H2,1-2H3,(H,47,50)/b13-12-,16-15-,19-18-. The number of hydrogen-bond acceptors (Lipinski definition) is 3. The Labute approximate surface area is 312 Å². The first kappa shape index (κ1) is 48.6. The van der Waals surface area contributed by atoms with E-state index < -0.39 is 12.1 Å². The molecule has 294 valence electrons. The lowest BCUT2D eigenvalue weighted by atomic mass is 10.0. The Morgan fingerprint density at radius 3 is 1.22 bits per heavy atom. The molecule has 0 aliphatic heterocycles. The van der Waals surface area contributed by atoms with E-state index in [-0.39, 0.29) is 12.5 Å². The maximum Gasteiger partial charge on any atom is 0.220 e. The van der Waals surface area contributed by atoms with Crippen LogP contribution >= 0.6 is 0 Å². The van der Waals surface area contributed by atoms with Crippen LogP contribution in [0.4, 0.5) is 0 Å². The zero-order valence-corrected chi connectivity index (χ0v) is 33.7. The summed E-state index contributed by atoms with van der Waals surface area (Å²) in [5.74, 6) is -0.0373. The second kappa shape index (κ2) is 42.0. The van der Waals surface area contributed by atoms with Gasteiger partial charge in [0.2, 0.25) is 5.91 Å². The van der Waals surface area contributed by atoms with Crippen molar-refractivity contribution in [3.8, 4) is 0 Å². The predicted octanol–water partition coefficient (Wildman–Crippen LogP) is 13.8. The summed E-state index contributed by atoms with van der Waals surface area (Å²) in [5.41, 5.74) is 0. The number of hydrogen-bond donors (Lipinski definition) is 3. The molecule has 0 rings (SSSR count). The molecule has 0 aromatic heterocycles. The molecule has 0 bridgehead atoms. The predicted molar refractivity (Wildman–Crippen MR) is 221 cm³/mol. The van der Waals surface area contributed by atoms with Gasteiger partial charge in [0, 0.05) is 6.42 Å². The topological polar surface area (TPSA) is 69.6 Å². The summed E-state index contributed by atoms with van der Waals surface area (Å²) in [6.07, 6.45) is 55.6. The molecule has 0 fully saturated rings. The lowest BCUT2D eigenvalue weighted by molar-refractivity contribution is -0.123. The lowest BCUT2D eigenvalue weighted by Gasteiger charge is -2.22. The first-order chi connectivity index (χ1) is 24.7. The van der Waals surface area contributed by atoms with Crippen LogP contribution in [-0.4, -0.2) is 34.9 Å². The van der Waals surface area contributed by atoms with Crippen LogP contribution in [0.3, 0.4) is 0 Å². The van der Waals surface area contributed by atoms with Crippen LogP contribution in [0.1, 0.15) is 232 Å². The fourth-order valence-electron chi connectivity index (χ4n) is 6.72. The van der Waals surface area contributed by atoms with Crippen molar-refractivity contribution < 1.29 is 15.0 Å². The van der Waals surface area contributed by atoms with Crippen LogP contribution in [-0.2, 0) is 4.79 Å². The minimum Gasteiger partial charge on any atom is -0.394 e. The van der Waals surface area contributed by atoms with Gasteiger partial charge in [0.1, 0.15) is 0 Å². The van der Waals surface area contributed by atoms with E-state index in [1.165, 1.54) is 167 Å². The van der Waals surface area contributed by atoms with Crippen LogP contribution in [0, 0.1) is 0 Å². The molecule has 0 heterocycles. The van der Waals surface area contributed by atoms with Gasteiger partial charge in [0.15, 0.2) is 0 Å². The summed E-state index contributed by atoms with van der Waals surface area (Å²) in [6.45, 7) is 4.27. The molecule has 1 amide bonds. The van der Waals surface area contributed by atoms with Gasteiger partial charge in [-0.2, -0.15) is 0 Å². The van der Waals surface area contributed by atoms with Gasteiger partial charge in [-0.25, -0.2) is 0 Å². The van der Waals surface area contributed by atoms with Crippen molar-refractivity contribution >= 4 is 5.91 Å². The molecule has 0 aromatic carbocycles. The van der Waals surface area contributed by atoms with Crippen LogP contribution in [0.2, 0.25) is 0 Å². The van der Waals surface area contributed by atoms with E-state index in [4.69, 9.17) is 0 Å². The smallest absolute Gasteiger partial charge is 0.220 e. The molecule has 2 unspecified atom stereocenters. The molecule has 4 nitrogen and oxygen atoms in total. The minimum absolute atomic E-state index is 0.0373. The normalized spacial score (nSPS) is 13.3. The molecule has 50 heavy (non-hydrogen) atoms. The van der Waals surface area contributed by atoms with Crippen molar-refractivity contribution in [2.24, 2.45) is 0 Å². The van der Waals surface area contributed by atoms with Crippen molar-refractivity contribution in [3.05, 3.63) is 36.5 Å². The molecule has 0 radical (unpaired) electrons. The van der Waals surface area contributed by atoms with Crippen molar-refractivity contribution in [1.29, 1.82) is 0 Å². The van der Waals surface area contributed by atoms with Gasteiger partial charge < -0.3 is 15.5 Å². The number of carbonyl (C=O) groups is 1. The highest BCUT2D eigenvalue weighted by Gasteiger charge is 2.19. The van der Waals surface area contributed by atoms with Gasteiger partial charge in [0.25, 0.3) is 0 Å². The van der Waals surface area contributed by atoms with Crippen LogP contribution in [0.15, 0.2) is 36.5 Å². The first-order valence-electron chi connectivity index (χ1n) is 22.2. The molecule has 0 spiro atoms. The Morgan fingerprint density at radius 1 is 0.480 bits per heavy atom. The van der Waals surface area contributed by atoms with Gasteiger partial charge in [-0.05, 0) is 51.4 Å². The zero-order chi connectivity index (χ0) is 36.4. The van der Waals surface area contributed by atoms with E-state index in [0.29, 0.717) is 12.8 Å². The number of nitrogens with one attached hydrogen (secondary N) is 1. The highest BCUT2D eigenvalue weighted by atomic mass is 16.3. The number of rotatable bonds is 40. The SMILES string of the molecule is CCCCCCC/C=C\C/C=C\C/C=C\CCCCCCCCCCCCCCCCCCCCC(=O)NC(CO)C(O)CCCCCCC. The third-order valence-electron chi connectivity index (χ3n) is 10.2. The van der Waals surface area contributed by atoms with Gasteiger partial charge in [-0.1, -0.05) is 211 Å². The van der Waals surface area contributed by atoms with Crippen molar-refractivity contribution in [2.45, 2.75) is 244 Å². The van der Waals surface area contributed by atoms with E-state index in [0.717, 1.165) is 38.5 Å². The monoisotopic (exact) mass is 702 g/mol. The largest absolute Gasteiger partial charge is 0.394 e. The van der Waals surface area contributed by atoms with Crippen molar-refractivity contribution in [2.75, 3.05) is 6.61 Å². The van der Waals surface area contributed by atoms with Gasteiger partial charge in [-0.15, -0.1) is 0 Å². The summed E-state index contributed by atoms with van der Waals surface area (Å²) >= 11 is 0. The zero-order valence-electron chi connectivity index (χ0n) is 33.7. The average molecular weight is 702 g/mol. The fraction of sp³-hybridized carbons (Fsp3) is 0.848. The quantitative estimate of drug-likeness (QED) is 0.0440. The molecule has 0 saturated heterocycles. The summed E-state index contributed by atoms with van der Waals surface area (Å²) < 4.78 is 0. The molecule has 0 saturated carbocycles. The molecule has 0 aromatic rings. The Bertz CT molecular complexity index is 760. The van der Waals surface area contributed by atoms with Crippen molar-refractivity contribution in [1.82, 2.24) is 5.32 Å². The third-order valence-corrected chi connectivity index (χ3v) is 10.2. The Hall–Kier alpha value is -1.39. The molecule has 0 aliphatic rings. The number of aliphatic hydroxyl groups excluding tert-OH is 2. The number of amides is 1. The van der Waals surface area contributed by atoms with Gasteiger partial charge in [0.05, 0.1) is 18.8 Å². The highest BCUT2D eigenvalue weighted by molar-refractivity contribution is 5.76. The molecule has 0 aliphatic carbocycles. The van der Waals surface area contributed by atoms with Crippen LogP contribution in [0.25, 0.3) is 0 Å². The Balaban J connectivity index is 3.36. The summed E-state index contributed by atoms with van der Waals surface area (Å²) in [5, 5.41) is 22.8. The van der Waals surface area contributed by atoms with E-state index in [2.05, 4.69) is 55.6 Å². The number of allylic oxidation sites excluding steroid dienone is 6. The maximum absolute atomic E-state index is 12.3. The van der Waals surface area contributed by atoms with Gasteiger partial charge in [-0.3, -0.25) is 4.79 Å². The number of unbranched alkanes of at least 4 members (excludes halogenated alkanes) is 27. The minimum atomic E-state index is -0.653. The van der Waals surface area contributed by atoms with Crippen LogP contribution < -0.4 is 5.32 Å². The fourth-order valence-corrected chi connectivity index (χ4v) is 6.72. The van der Waals surface area contributed by atoms with Crippen molar-refractivity contribution in [3.63, 3.8) is 0 Å². The van der Waals surface area contributed by atoms with E-state index in [9.17, 15) is 15.0 Å². The summed E-state index contributed by atoms with van der Waals surface area (Å²) in [6, 6.07) is -0.530. The molecular formula is C46H87NO3. The lowest BCUT2D eigenvalue weighted by Crippen LogP contribution is -2.45. The average Bonchev–Trinajstić information content (AvgIpc) is 3.12. The third kappa shape index (κ3) is 37.9. The number of carbonyl (C=O) groups excluding carboxylic acids is 1. The van der Waals surface area contributed by atoms with E-state index in [1.807, 2.05) is 0 Å². The maximum atomic E-state index is 12.3. The van der Waals surface area contributed by atoms with E-state index in [1.54, 1.807) is 0 Å². The number of aliphatic hydroxyl groups is 2. The van der Waals surface area contributed by atoms with E-state index >= 15 is 0 Å².